The summed E-state index contributed by atoms with van der Waals surface area (Å²) >= 11 is 1.25. The number of hydrogen-bond acceptors (Lipinski definition) is 4. The van der Waals surface area contributed by atoms with Crippen LogP contribution >= 0.6 is 11.3 Å². The summed E-state index contributed by atoms with van der Waals surface area (Å²) in [6.07, 6.45) is 0. The predicted octanol–water partition coefficient (Wildman–Crippen LogP) is 3.35. The average molecular weight is 276 g/mol. The van der Waals surface area contributed by atoms with E-state index < -0.39 is 5.97 Å². The van der Waals surface area contributed by atoms with Gasteiger partial charge in [0.25, 0.3) is 0 Å². The molecular weight excluding hydrogens is 260 g/mol. The molecule has 0 fully saturated rings. The molecule has 0 spiro atoms. The Bertz CT molecular complexity index is 580. The number of carbonyl (C=O) groups is 1. The summed E-state index contributed by atoms with van der Waals surface area (Å²) in [6.45, 7) is 3.76. The van der Waals surface area contributed by atoms with Gasteiger partial charge in [-0.3, -0.25) is 0 Å². The van der Waals surface area contributed by atoms with E-state index in [0.717, 1.165) is 10.7 Å². The number of carboxylic acid groups (broad SMARTS) is 1. The normalized spacial score (nSPS) is 12.2. The Labute approximate surface area is 116 Å². The van der Waals surface area contributed by atoms with E-state index in [1.807, 2.05) is 44.3 Å². The Morgan fingerprint density at radius 1 is 1.37 bits per heavy atom. The van der Waals surface area contributed by atoms with E-state index in [1.165, 1.54) is 11.3 Å². The fourth-order valence-corrected chi connectivity index (χ4v) is 2.85. The number of carboxylic acids is 1. The van der Waals surface area contributed by atoms with Crippen LogP contribution in [-0.4, -0.2) is 23.1 Å². The molecule has 5 heteroatoms. The topological polar surface area (TPSA) is 53.4 Å². The second kappa shape index (κ2) is 5.40. The second-order valence-electron chi connectivity index (χ2n) is 4.39. The third-order valence-electron chi connectivity index (χ3n) is 3.11. The van der Waals surface area contributed by atoms with Crippen molar-refractivity contribution in [2.24, 2.45) is 0 Å². The van der Waals surface area contributed by atoms with Crippen LogP contribution in [0.2, 0.25) is 0 Å². The quantitative estimate of drug-likeness (QED) is 0.930. The molecule has 0 aliphatic rings. The van der Waals surface area contributed by atoms with Crippen LogP contribution < -0.4 is 4.90 Å². The fourth-order valence-electron chi connectivity index (χ4n) is 1.85. The van der Waals surface area contributed by atoms with Crippen molar-refractivity contribution in [3.63, 3.8) is 0 Å². The first-order valence-corrected chi connectivity index (χ1v) is 6.81. The molecule has 4 nitrogen and oxygen atoms in total. The summed E-state index contributed by atoms with van der Waals surface area (Å²) in [7, 11) is 1.98. The predicted molar refractivity (Wildman–Crippen MR) is 77.1 cm³/mol. The number of benzene rings is 1. The van der Waals surface area contributed by atoms with Crippen molar-refractivity contribution >= 4 is 23.0 Å². The molecule has 0 saturated heterocycles. The van der Waals surface area contributed by atoms with Gasteiger partial charge in [-0.25, -0.2) is 9.78 Å². The standard InChI is InChI=1S/C14H16N2O2S/c1-9-12(14(17)18)19-13(15-9)10(2)16(3)11-7-5-4-6-8-11/h4-8,10H,1-3H3,(H,17,18). The van der Waals surface area contributed by atoms with E-state index in [0.29, 0.717) is 10.6 Å². The van der Waals surface area contributed by atoms with Crippen molar-refractivity contribution in [1.82, 2.24) is 4.98 Å². The molecule has 0 bridgehead atoms. The lowest BCUT2D eigenvalue weighted by Crippen LogP contribution is -2.21. The molecule has 0 aliphatic carbocycles. The molecule has 100 valence electrons. The summed E-state index contributed by atoms with van der Waals surface area (Å²) < 4.78 is 0. The maximum Gasteiger partial charge on any atom is 0.347 e. The highest BCUT2D eigenvalue weighted by atomic mass is 32.1. The number of aryl methyl sites for hydroxylation is 1. The van der Waals surface area contributed by atoms with Crippen LogP contribution in [0.1, 0.15) is 33.3 Å². The third kappa shape index (κ3) is 2.76. The van der Waals surface area contributed by atoms with E-state index in [2.05, 4.69) is 9.88 Å². The van der Waals surface area contributed by atoms with Crippen LogP contribution in [0.25, 0.3) is 0 Å². The zero-order valence-electron chi connectivity index (χ0n) is 11.1. The largest absolute Gasteiger partial charge is 0.477 e. The minimum absolute atomic E-state index is 0.0409. The lowest BCUT2D eigenvalue weighted by Gasteiger charge is -2.25. The van der Waals surface area contributed by atoms with Crippen molar-refractivity contribution in [1.29, 1.82) is 0 Å². The van der Waals surface area contributed by atoms with Crippen LogP contribution in [0.4, 0.5) is 5.69 Å². The van der Waals surface area contributed by atoms with Crippen molar-refractivity contribution in [3.05, 3.63) is 45.9 Å². The molecule has 1 aromatic carbocycles. The first-order valence-electron chi connectivity index (χ1n) is 5.99. The van der Waals surface area contributed by atoms with Gasteiger partial charge in [-0.05, 0) is 26.0 Å². The fraction of sp³-hybridized carbons (Fsp3) is 0.286. The van der Waals surface area contributed by atoms with E-state index in [9.17, 15) is 4.79 Å². The molecule has 0 aliphatic heterocycles. The van der Waals surface area contributed by atoms with E-state index in [1.54, 1.807) is 6.92 Å². The lowest BCUT2D eigenvalue weighted by atomic mass is 10.2. The van der Waals surface area contributed by atoms with Gasteiger partial charge in [0.15, 0.2) is 0 Å². The van der Waals surface area contributed by atoms with Crippen LogP contribution in [0.15, 0.2) is 30.3 Å². The van der Waals surface area contributed by atoms with Crippen molar-refractivity contribution in [3.8, 4) is 0 Å². The van der Waals surface area contributed by atoms with Crippen LogP contribution in [0.5, 0.6) is 0 Å². The van der Waals surface area contributed by atoms with Gasteiger partial charge >= 0.3 is 5.97 Å². The molecule has 2 rings (SSSR count). The minimum atomic E-state index is -0.907. The number of aromatic carboxylic acids is 1. The summed E-state index contributed by atoms with van der Waals surface area (Å²) in [5.41, 5.74) is 1.67. The Balaban J connectivity index is 2.27. The Hall–Kier alpha value is -1.88. The molecule has 19 heavy (non-hydrogen) atoms. The summed E-state index contributed by atoms with van der Waals surface area (Å²) in [6, 6.07) is 10.0. The molecular formula is C14H16N2O2S. The Morgan fingerprint density at radius 2 is 2.00 bits per heavy atom. The smallest absolute Gasteiger partial charge is 0.347 e. The molecule has 1 heterocycles. The number of nitrogens with zero attached hydrogens (tertiary/aromatic N) is 2. The van der Waals surface area contributed by atoms with Gasteiger partial charge in [0, 0.05) is 12.7 Å². The molecule has 0 saturated carbocycles. The van der Waals surface area contributed by atoms with E-state index >= 15 is 0 Å². The molecule has 1 unspecified atom stereocenters. The lowest BCUT2D eigenvalue weighted by molar-refractivity contribution is 0.0701. The Morgan fingerprint density at radius 3 is 2.53 bits per heavy atom. The van der Waals surface area contributed by atoms with Crippen molar-refractivity contribution in [2.45, 2.75) is 19.9 Å². The number of hydrogen-bond donors (Lipinski definition) is 1. The highest BCUT2D eigenvalue weighted by Gasteiger charge is 2.20. The molecule has 0 amide bonds. The molecule has 2 aromatic rings. The zero-order chi connectivity index (χ0) is 14.0. The van der Waals surface area contributed by atoms with Crippen LogP contribution in [-0.2, 0) is 0 Å². The highest BCUT2D eigenvalue weighted by Crippen LogP contribution is 2.29. The van der Waals surface area contributed by atoms with E-state index in [4.69, 9.17) is 5.11 Å². The number of aromatic nitrogens is 1. The number of thiazole rings is 1. The van der Waals surface area contributed by atoms with E-state index in [-0.39, 0.29) is 6.04 Å². The van der Waals surface area contributed by atoms with Gasteiger partial charge in [0.1, 0.15) is 9.88 Å². The SMILES string of the molecule is Cc1nc(C(C)N(C)c2ccccc2)sc1C(=O)O. The van der Waals surface area contributed by atoms with Gasteiger partial charge in [-0.2, -0.15) is 0 Å². The van der Waals surface area contributed by atoms with Crippen LogP contribution in [0.3, 0.4) is 0 Å². The molecule has 0 radical (unpaired) electrons. The van der Waals surface area contributed by atoms with Crippen molar-refractivity contribution in [2.75, 3.05) is 11.9 Å². The van der Waals surface area contributed by atoms with Crippen LogP contribution in [0, 0.1) is 6.92 Å². The number of para-hydroxylation sites is 1. The Kier molecular flexibility index (Phi) is 3.85. The first-order chi connectivity index (χ1) is 9.00. The third-order valence-corrected chi connectivity index (χ3v) is 4.42. The summed E-state index contributed by atoms with van der Waals surface area (Å²) in [5, 5.41) is 9.89. The molecule has 1 N–H and O–H groups in total. The maximum atomic E-state index is 11.1. The zero-order valence-corrected chi connectivity index (χ0v) is 11.9. The maximum absolute atomic E-state index is 11.1. The molecule has 1 aromatic heterocycles. The minimum Gasteiger partial charge on any atom is -0.477 e. The first kappa shape index (κ1) is 13.5. The van der Waals surface area contributed by atoms with Gasteiger partial charge in [0.05, 0.1) is 11.7 Å². The monoisotopic (exact) mass is 276 g/mol. The number of anilines is 1. The van der Waals surface area contributed by atoms with Crippen molar-refractivity contribution < 1.29 is 9.90 Å². The highest BCUT2D eigenvalue weighted by molar-refractivity contribution is 7.13. The molecule has 1 atom stereocenters. The second-order valence-corrected chi connectivity index (χ2v) is 5.42. The summed E-state index contributed by atoms with van der Waals surface area (Å²) in [5.74, 6) is -0.907. The number of rotatable bonds is 4. The summed E-state index contributed by atoms with van der Waals surface area (Å²) in [4.78, 5) is 17.8. The van der Waals surface area contributed by atoms with Gasteiger partial charge in [0.2, 0.25) is 0 Å². The van der Waals surface area contributed by atoms with Gasteiger partial charge < -0.3 is 10.0 Å². The van der Waals surface area contributed by atoms with Gasteiger partial charge in [-0.1, -0.05) is 18.2 Å². The average Bonchev–Trinajstić information content (AvgIpc) is 2.80. The van der Waals surface area contributed by atoms with Gasteiger partial charge in [-0.15, -0.1) is 11.3 Å².